The molecule has 5 heteroatoms. The lowest BCUT2D eigenvalue weighted by atomic mass is 9.95. The van der Waals surface area contributed by atoms with Crippen LogP contribution in [-0.4, -0.2) is 16.6 Å². The predicted octanol–water partition coefficient (Wildman–Crippen LogP) is 2.75. The molecule has 1 unspecified atom stereocenters. The number of nitrogens with zero attached hydrogens (tertiary/aromatic N) is 1. The molecule has 0 bridgehead atoms. The van der Waals surface area contributed by atoms with Crippen molar-refractivity contribution in [2.24, 2.45) is 0 Å². The third-order valence-electron chi connectivity index (χ3n) is 2.73. The quantitative estimate of drug-likeness (QED) is 0.842. The van der Waals surface area contributed by atoms with E-state index < -0.39 is 17.3 Å². The number of carbonyl (C=O) groups is 1. The Labute approximate surface area is 105 Å². The van der Waals surface area contributed by atoms with E-state index in [4.69, 9.17) is 5.26 Å². The van der Waals surface area contributed by atoms with Crippen LogP contribution in [0.2, 0.25) is 0 Å². The average Bonchev–Trinajstić information content (AvgIpc) is 2.32. The second-order valence-corrected chi connectivity index (χ2v) is 4.32. The van der Waals surface area contributed by atoms with E-state index in [2.05, 4.69) is 5.32 Å². The maximum Gasteiger partial charge on any atom is 0.329 e. The second-order valence-electron chi connectivity index (χ2n) is 4.32. The van der Waals surface area contributed by atoms with E-state index in [-0.39, 0.29) is 11.3 Å². The Hall–Kier alpha value is -2.09. The SMILES string of the molecule is CCCC(C)(Nc1ccc(C#N)cc1F)C(=O)O. The highest BCUT2D eigenvalue weighted by molar-refractivity contribution is 5.82. The molecule has 0 spiro atoms. The van der Waals surface area contributed by atoms with Gasteiger partial charge in [0.05, 0.1) is 17.3 Å². The van der Waals surface area contributed by atoms with Crippen molar-refractivity contribution in [1.29, 1.82) is 5.26 Å². The Bertz CT molecular complexity index is 496. The molecule has 18 heavy (non-hydrogen) atoms. The number of nitrogens with one attached hydrogen (secondary N) is 1. The van der Waals surface area contributed by atoms with Crippen LogP contribution >= 0.6 is 0 Å². The Kier molecular flexibility index (Phi) is 4.27. The molecule has 2 N–H and O–H groups in total. The van der Waals surface area contributed by atoms with E-state index in [0.29, 0.717) is 12.8 Å². The normalized spacial score (nSPS) is 13.4. The number of rotatable bonds is 5. The Morgan fingerprint density at radius 3 is 2.72 bits per heavy atom. The molecule has 4 nitrogen and oxygen atoms in total. The van der Waals surface area contributed by atoms with Gasteiger partial charge in [-0.3, -0.25) is 0 Å². The molecule has 0 aromatic heterocycles. The van der Waals surface area contributed by atoms with Crippen LogP contribution in [0.5, 0.6) is 0 Å². The fourth-order valence-electron chi connectivity index (χ4n) is 1.71. The highest BCUT2D eigenvalue weighted by Gasteiger charge is 2.32. The number of aliphatic carboxylic acids is 1. The van der Waals surface area contributed by atoms with Crippen molar-refractivity contribution in [2.75, 3.05) is 5.32 Å². The first-order chi connectivity index (χ1) is 8.42. The van der Waals surface area contributed by atoms with Crippen LogP contribution in [0.15, 0.2) is 18.2 Å². The fraction of sp³-hybridized carbons (Fsp3) is 0.385. The predicted molar refractivity (Wildman–Crippen MR) is 65.7 cm³/mol. The third-order valence-corrected chi connectivity index (χ3v) is 2.73. The molecular formula is C13H15FN2O2. The first-order valence-electron chi connectivity index (χ1n) is 5.64. The van der Waals surface area contributed by atoms with Gasteiger partial charge in [0, 0.05) is 0 Å². The standard InChI is InChI=1S/C13H15FN2O2/c1-3-6-13(2,12(17)18)16-11-5-4-9(8-15)7-10(11)14/h4-5,7,16H,3,6H2,1-2H3,(H,17,18). The molecule has 0 aliphatic rings. The lowest BCUT2D eigenvalue weighted by Gasteiger charge is -2.27. The molecule has 96 valence electrons. The molecule has 0 saturated heterocycles. The largest absolute Gasteiger partial charge is 0.480 e. The zero-order chi connectivity index (χ0) is 13.8. The number of carboxylic acid groups (broad SMARTS) is 1. The van der Waals surface area contributed by atoms with Gasteiger partial charge in [0.2, 0.25) is 0 Å². The summed E-state index contributed by atoms with van der Waals surface area (Å²) in [5.74, 6) is -1.66. The Morgan fingerprint density at radius 2 is 2.28 bits per heavy atom. The fourth-order valence-corrected chi connectivity index (χ4v) is 1.71. The number of halogens is 1. The zero-order valence-corrected chi connectivity index (χ0v) is 10.3. The van der Waals surface area contributed by atoms with Crippen LogP contribution in [-0.2, 0) is 4.79 Å². The van der Waals surface area contributed by atoms with Crippen LogP contribution in [0.3, 0.4) is 0 Å². The number of nitriles is 1. The minimum atomic E-state index is -1.22. The number of hydrogen-bond donors (Lipinski definition) is 2. The molecule has 1 aromatic rings. The Morgan fingerprint density at radius 1 is 1.61 bits per heavy atom. The molecule has 1 aromatic carbocycles. The lowest BCUT2D eigenvalue weighted by Crippen LogP contribution is -2.43. The molecule has 1 rings (SSSR count). The van der Waals surface area contributed by atoms with Crippen molar-refractivity contribution in [3.8, 4) is 6.07 Å². The summed E-state index contributed by atoms with van der Waals surface area (Å²) in [5, 5.41) is 20.5. The highest BCUT2D eigenvalue weighted by Crippen LogP contribution is 2.23. The van der Waals surface area contributed by atoms with Crippen molar-refractivity contribution in [1.82, 2.24) is 0 Å². The maximum absolute atomic E-state index is 13.7. The summed E-state index contributed by atoms with van der Waals surface area (Å²) in [4.78, 5) is 11.2. The summed E-state index contributed by atoms with van der Waals surface area (Å²) in [6.07, 6.45) is 1.04. The molecule has 0 heterocycles. The average molecular weight is 250 g/mol. The van der Waals surface area contributed by atoms with Gasteiger partial charge in [-0.1, -0.05) is 13.3 Å². The highest BCUT2D eigenvalue weighted by atomic mass is 19.1. The van der Waals surface area contributed by atoms with Crippen LogP contribution < -0.4 is 5.32 Å². The van der Waals surface area contributed by atoms with Gasteiger partial charge in [0.15, 0.2) is 0 Å². The summed E-state index contributed by atoms with van der Waals surface area (Å²) in [5.41, 5.74) is -0.929. The summed E-state index contributed by atoms with van der Waals surface area (Å²) in [7, 11) is 0. The van der Waals surface area contributed by atoms with Gasteiger partial charge in [-0.05, 0) is 31.5 Å². The smallest absolute Gasteiger partial charge is 0.329 e. The summed E-state index contributed by atoms with van der Waals surface area (Å²) in [6, 6.07) is 5.73. The number of anilines is 1. The van der Waals surface area contributed by atoms with E-state index in [9.17, 15) is 14.3 Å². The second kappa shape index (κ2) is 5.50. The van der Waals surface area contributed by atoms with E-state index >= 15 is 0 Å². The van der Waals surface area contributed by atoms with Gasteiger partial charge in [0.25, 0.3) is 0 Å². The van der Waals surface area contributed by atoms with Gasteiger partial charge in [0.1, 0.15) is 11.4 Å². The lowest BCUT2D eigenvalue weighted by molar-refractivity contribution is -0.141. The Balaban J connectivity index is 3.02. The number of benzene rings is 1. The third kappa shape index (κ3) is 2.98. The molecule has 0 amide bonds. The molecule has 0 saturated carbocycles. The molecule has 1 atom stereocenters. The van der Waals surface area contributed by atoms with Gasteiger partial charge in [-0.2, -0.15) is 5.26 Å². The summed E-state index contributed by atoms with van der Waals surface area (Å²) < 4.78 is 13.7. The minimum absolute atomic E-state index is 0.0901. The van der Waals surface area contributed by atoms with Crippen molar-refractivity contribution < 1.29 is 14.3 Å². The van der Waals surface area contributed by atoms with E-state index in [1.54, 1.807) is 0 Å². The minimum Gasteiger partial charge on any atom is -0.480 e. The van der Waals surface area contributed by atoms with E-state index in [1.165, 1.54) is 19.1 Å². The summed E-state index contributed by atoms with van der Waals surface area (Å²) in [6.45, 7) is 3.37. The molecule has 0 radical (unpaired) electrons. The van der Waals surface area contributed by atoms with Gasteiger partial charge in [-0.15, -0.1) is 0 Å². The molecular weight excluding hydrogens is 235 g/mol. The molecule has 0 aliphatic carbocycles. The first kappa shape index (κ1) is 14.0. The monoisotopic (exact) mass is 250 g/mol. The van der Waals surface area contributed by atoms with Crippen molar-refractivity contribution in [2.45, 2.75) is 32.2 Å². The summed E-state index contributed by atoms with van der Waals surface area (Å²) >= 11 is 0. The van der Waals surface area contributed by atoms with E-state index in [0.717, 1.165) is 6.07 Å². The molecule has 0 aliphatic heterocycles. The van der Waals surface area contributed by atoms with Crippen molar-refractivity contribution in [3.05, 3.63) is 29.6 Å². The number of carboxylic acids is 1. The van der Waals surface area contributed by atoms with Crippen molar-refractivity contribution in [3.63, 3.8) is 0 Å². The topological polar surface area (TPSA) is 73.1 Å². The number of hydrogen-bond acceptors (Lipinski definition) is 3. The zero-order valence-electron chi connectivity index (χ0n) is 10.3. The first-order valence-corrected chi connectivity index (χ1v) is 5.64. The van der Waals surface area contributed by atoms with Crippen LogP contribution in [0, 0.1) is 17.1 Å². The van der Waals surface area contributed by atoms with Crippen LogP contribution in [0.4, 0.5) is 10.1 Å². The maximum atomic E-state index is 13.7. The van der Waals surface area contributed by atoms with Gasteiger partial charge in [-0.25, -0.2) is 9.18 Å². The van der Waals surface area contributed by atoms with Gasteiger partial charge >= 0.3 is 5.97 Å². The van der Waals surface area contributed by atoms with Gasteiger partial charge < -0.3 is 10.4 Å². The van der Waals surface area contributed by atoms with Crippen molar-refractivity contribution >= 4 is 11.7 Å². The van der Waals surface area contributed by atoms with E-state index in [1.807, 2.05) is 13.0 Å². The van der Waals surface area contributed by atoms with Crippen LogP contribution in [0.1, 0.15) is 32.3 Å². The van der Waals surface area contributed by atoms with Crippen LogP contribution in [0.25, 0.3) is 0 Å². The molecule has 0 fully saturated rings.